The second kappa shape index (κ2) is 2.11. The molecule has 60 valence electrons. The predicted octanol–water partition coefficient (Wildman–Crippen LogP) is 0.278. The van der Waals surface area contributed by atoms with Gasteiger partial charge in [0.05, 0.1) is 0 Å². The number of hydrogen-bond donors (Lipinski definition) is 1. The summed E-state index contributed by atoms with van der Waals surface area (Å²) in [5.41, 5.74) is 0. The van der Waals surface area contributed by atoms with Crippen molar-refractivity contribution in [2.75, 3.05) is 6.61 Å². The fraction of sp³-hybridized carbons (Fsp3) is 0.667. The molecule has 0 amide bonds. The first-order chi connectivity index (χ1) is 4.63. The zero-order valence-electron chi connectivity index (χ0n) is 5.22. The molecular weight excluding hydrogens is 163 g/mol. The topological polar surface area (TPSA) is 80.8 Å². The maximum atomic E-state index is 9.75. The van der Waals surface area contributed by atoms with Crippen LogP contribution in [0, 0.1) is 0 Å². The van der Waals surface area contributed by atoms with E-state index in [0.717, 1.165) is 0 Å². The minimum atomic E-state index is -4.28. The first-order valence-corrected chi connectivity index (χ1v) is 4.42. The molecule has 1 fully saturated rings. The first-order valence-electron chi connectivity index (χ1n) is 2.56. The maximum absolute atomic E-state index is 9.75. The van der Waals surface area contributed by atoms with E-state index in [1.807, 2.05) is 0 Å². The quantitative estimate of drug-likeness (QED) is 0.282. The molecule has 6 nitrogen and oxygen atoms in total. The van der Waals surface area contributed by atoms with Gasteiger partial charge in [-0.25, -0.2) is 0 Å². The van der Waals surface area contributed by atoms with Crippen molar-refractivity contribution in [2.45, 2.75) is 6.92 Å². The van der Waals surface area contributed by atoms with Gasteiger partial charge in [-0.05, 0) is 0 Å². The van der Waals surface area contributed by atoms with Crippen molar-refractivity contribution in [1.82, 2.24) is 0 Å². The Morgan fingerprint density at radius 2 is 2.30 bits per heavy atom. The zero-order chi connectivity index (χ0) is 7.69. The molecule has 0 aliphatic carbocycles. The third kappa shape index (κ3) is 1.25. The molecular formula is C3H7O6P. The Balaban J connectivity index is 2.52. The molecule has 7 heteroatoms. The van der Waals surface area contributed by atoms with Crippen LogP contribution < -0.4 is 0 Å². The average molecular weight is 170 g/mol. The molecule has 0 radical (unpaired) electrons. The van der Waals surface area contributed by atoms with E-state index < -0.39 is 7.74 Å². The van der Waals surface area contributed by atoms with Gasteiger partial charge in [0, 0.05) is 0 Å². The molecule has 0 unspecified atom stereocenters. The van der Waals surface area contributed by atoms with Crippen LogP contribution in [0.4, 0.5) is 0 Å². The van der Waals surface area contributed by atoms with Gasteiger partial charge >= 0.3 is 55.8 Å². The molecule has 10 heavy (non-hydrogen) atoms. The van der Waals surface area contributed by atoms with Crippen molar-refractivity contribution in [3.63, 3.8) is 0 Å². The number of carbonyl (C=O) groups excluding carboxylic acids is 1. The van der Waals surface area contributed by atoms with E-state index in [0.29, 0.717) is 0 Å². The Hall–Kier alpha value is -0.260. The summed E-state index contributed by atoms with van der Waals surface area (Å²) < 4.78 is 16.8. The third-order valence-corrected chi connectivity index (χ3v) is 2.48. The summed E-state index contributed by atoms with van der Waals surface area (Å²) in [6.07, 6.45) is 0. The van der Waals surface area contributed by atoms with Crippen LogP contribution in [-0.4, -0.2) is 18.0 Å². The van der Waals surface area contributed by atoms with Crippen LogP contribution in [0.25, 0.3) is 0 Å². The van der Waals surface area contributed by atoms with Crippen molar-refractivity contribution in [3.8, 4) is 0 Å². The third-order valence-electron chi connectivity index (χ3n) is 0.827. The fourth-order valence-electron chi connectivity index (χ4n) is 0.439. The first kappa shape index (κ1) is 7.84. The van der Waals surface area contributed by atoms with Crippen LogP contribution >= 0.6 is 7.74 Å². The molecule has 1 aliphatic rings. The predicted molar refractivity (Wildman–Crippen MR) is 30.1 cm³/mol. The van der Waals surface area contributed by atoms with Gasteiger partial charge in [-0.15, -0.1) is 0 Å². The van der Waals surface area contributed by atoms with Crippen molar-refractivity contribution in [3.05, 3.63) is 0 Å². The molecule has 0 aromatic heterocycles. The molecule has 0 aromatic carbocycles. The molecule has 0 atom stereocenters. The summed E-state index contributed by atoms with van der Waals surface area (Å²) in [5, 5.41) is 0. The van der Waals surface area contributed by atoms with Gasteiger partial charge in [0.25, 0.3) is 0 Å². The fourth-order valence-corrected chi connectivity index (χ4v) is 1.57. The Kier molecular flexibility index (Phi) is 1.66. The van der Waals surface area contributed by atoms with Crippen molar-refractivity contribution < 1.29 is 28.1 Å². The standard InChI is InChI=1S/C3H7O6P/c1-2-6-10(5,7-3-4)8-9-10/h3,5H,2H2,1H3. The normalized spacial score (nSPS) is 29.6. The van der Waals surface area contributed by atoms with Gasteiger partial charge in [-0.2, -0.15) is 0 Å². The van der Waals surface area contributed by atoms with Crippen LogP contribution in [-0.2, 0) is 23.2 Å². The number of hydrogen-bond acceptors (Lipinski definition) is 6. The molecule has 0 aromatic rings. The average Bonchev–Trinajstić information content (AvgIpc) is 2.47. The Bertz CT molecular complexity index is 153. The molecule has 0 bridgehead atoms. The molecule has 0 saturated carbocycles. The Labute approximate surface area is 56.9 Å². The van der Waals surface area contributed by atoms with Crippen LogP contribution in [0.5, 0.6) is 0 Å². The van der Waals surface area contributed by atoms with Crippen molar-refractivity contribution in [1.29, 1.82) is 0 Å². The SMILES string of the molecule is CCOP1(O)(OC=O)OO1. The molecule has 1 heterocycles. The van der Waals surface area contributed by atoms with Gasteiger partial charge in [-0.1, -0.05) is 0 Å². The second-order valence-electron chi connectivity index (χ2n) is 1.54. The summed E-state index contributed by atoms with van der Waals surface area (Å²) in [6, 6.07) is 0. The molecule has 1 N–H and O–H groups in total. The molecule has 1 aliphatic heterocycles. The molecule has 1 rings (SSSR count). The van der Waals surface area contributed by atoms with Gasteiger partial charge in [0.15, 0.2) is 0 Å². The van der Waals surface area contributed by atoms with E-state index in [9.17, 15) is 4.79 Å². The van der Waals surface area contributed by atoms with E-state index in [4.69, 9.17) is 4.89 Å². The van der Waals surface area contributed by atoms with E-state index >= 15 is 0 Å². The van der Waals surface area contributed by atoms with Crippen LogP contribution in [0.3, 0.4) is 0 Å². The van der Waals surface area contributed by atoms with Gasteiger partial charge in [0.2, 0.25) is 0 Å². The van der Waals surface area contributed by atoms with Gasteiger partial charge < -0.3 is 0 Å². The Morgan fingerprint density at radius 3 is 2.60 bits per heavy atom. The number of carbonyl (C=O) groups is 1. The van der Waals surface area contributed by atoms with Gasteiger partial charge in [-0.3, -0.25) is 0 Å². The van der Waals surface area contributed by atoms with E-state index in [-0.39, 0.29) is 13.1 Å². The zero-order valence-corrected chi connectivity index (χ0v) is 6.11. The van der Waals surface area contributed by atoms with Gasteiger partial charge in [0.1, 0.15) is 0 Å². The van der Waals surface area contributed by atoms with Crippen LogP contribution in [0.1, 0.15) is 6.92 Å². The van der Waals surface area contributed by atoms with Crippen LogP contribution in [0.2, 0.25) is 0 Å². The second-order valence-corrected chi connectivity index (χ2v) is 3.86. The summed E-state index contributed by atoms with van der Waals surface area (Å²) >= 11 is 0. The Morgan fingerprint density at radius 1 is 1.70 bits per heavy atom. The van der Waals surface area contributed by atoms with E-state index in [2.05, 4.69) is 18.4 Å². The minimum absolute atomic E-state index is 0.0144. The van der Waals surface area contributed by atoms with Crippen molar-refractivity contribution in [2.24, 2.45) is 0 Å². The monoisotopic (exact) mass is 170 g/mol. The summed E-state index contributed by atoms with van der Waals surface area (Å²) in [5.74, 6) is 0. The van der Waals surface area contributed by atoms with E-state index in [1.165, 1.54) is 0 Å². The van der Waals surface area contributed by atoms with Crippen molar-refractivity contribution >= 4 is 14.2 Å². The molecule has 1 saturated heterocycles. The molecule has 0 spiro atoms. The van der Waals surface area contributed by atoms with E-state index in [1.54, 1.807) is 6.92 Å². The summed E-state index contributed by atoms with van der Waals surface area (Å²) in [7, 11) is -4.28. The summed E-state index contributed by atoms with van der Waals surface area (Å²) in [6.45, 7) is 1.76. The number of rotatable bonds is 4. The summed E-state index contributed by atoms with van der Waals surface area (Å²) in [4.78, 5) is 18.9. The van der Waals surface area contributed by atoms with Crippen LogP contribution in [0.15, 0.2) is 0 Å².